The number of carbonyl (C=O) groups excluding carboxylic acids is 1. The lowest BCUT2D eigenvalue weighted by molar-refractivity contribution is 0.0525. The maximum Gasteiger partial charge on any atom is 0.340 e. The zero-order valence-corrected chi connectivity index (χ0v) is 15.4. The molecule has 0 fully saturated rings. The average Bonchev–Trinajstić information content (AvgIpc) is 2.88. The van der Waals surface area contributed by atoms with Gasteiger partial charge in [-0.3, -0.25) is 5.43 Å². The van der Waals surface area contributed by atoms with Crippen LogP contribution in [-0.4, -0.2) is 28.9 Å². The van der Waals surface area contributed by atoms with Crippen LogP contribution >= 0.6 is 12.2 Å². The molecule has 7 heteroatoms. The second-order valence-corrected chi connectivity index (χ2v) is 5.83. The molecule has 0 aliphatic heterocycles. The number of thiocarbonyl (C=S) groups is 1. The van der Waals surface area contributed by atoms with Gasteiger partial charge in [0.05, 0.1) is 24.1 Å². The highest BCUT2D eigenvalue weighted by Crippen LogP contribution is 2.17. The van der Waals surface area contributed by atoms with E-state index in [2.05, 4.69) is 20.8 Å². The Kier molecular flexibility index (Phi) is 6.71. The first kappa shape index (κ1) is 18.7. The minimum atomic E-state index is -0.332. The van der Waals surface area contributed by atoms with Crippen molar-refractivity contribution in [1.29, 1.82) is 0 Å². The Morgan fingerprint density at radius 1 is 1.32 bits per heavy atom. The summed E-state index contributed by atoms with van der Waals surface area (Å²) in [5.74, 6) is -0.332. The number of rotatable bonds is 6. The number of aromatic nitrogens is 1. The number of hydrazone groups is 1. The normalized spacial score (nSPS) is 10.7. The molecule has 0 bridgehead atoms. The Bertz CT molecular complexity index is 769. The van der Waals surface area contributed by atoms with Crippen molar-refractivity contribution >= 4 is 29.5 Å². The minimum absolute atomic E-state index is 0.332. The van der Waals surface area contributed by atoms with Gasteiger partial charge in [-0.15, -0.1) is 0 Å². The Morgan fingerprint density at radius 3 is 2.72 bits per heavy atom. The maximum atomic E-state index is 12.0. The van der Waals surface area contributed by atoms with Gasteiger partial charge in [-0.25, -0.2) is 4.79 Å². The van der Waals surface area contributed by atoms with Gasteiger partial charge in [-0.1, -0.05) is 30.3 Å². The van der Waals surface area contributed by atoms with Crippen LogP contribution < -0.4 is 10.7 Å². The molecule has 0 atom stereocenters. The van der Waals surface area contributed by atoms with Gasteiger partial charge in [0.2, 0.25) is 0 Å². The third-order valence-electron chi connectivity index (χ3n) is 3.61. The molecule has 0 saturated heterocycles. The van der Waals surface area contributed by atoms with Gasteiger partial charge in [-0.2, -0.15) is 5.10 Å². The molecule has 0 amide bonds. The summed E-state index contributed by atoms with van der Waals surface area (Å²) in [6.07, 6.45) is 1.60. The first-order chi connectivity index (χ1) is 12.0. The lowest BCUT2D eigenvalue weighted by atomic mass is 10.1. The van der Waals surface area contributed by atoms with E-state index in [-0.39, 0.29) is 5.97 Å². The molecule has 1 heterocycles. The van der Waals surface area contributed by atoms with Crippen LogP contribution in [0.3, 0.4) is 0 Å². The van der Waals surface area contributed by atoms with E-state index in [9.17, 15) is 4.79 Å². The Morgan fingerprint density at radius 2 is 2.04 bits per heavy atom. The molecule has 0 radical (unpaired) electrons. The number of hydrogen-bond donors (Lipinski definition) is 3. The first-order valence-electron chi connectivity index (χ1n) is 8.00. The second kappa shape index (κ2) is 8.98. The average molecular weight is 358 g/mol. The van der Waals surface area contributed by atoms with Crippen molar-refractivity contribution in [3.05, 3.63) is 58.4 Å². The summed E-state index contributed by atoms with van der Waals surface area (Å²) in [4.78, 5) is 15.1. The number of carbonyl (C=O) groups is 1. The summed E-state index contributed by atoms with van der Waals surface area (Å²) in [6.45, 7) is 6.43. The van der Waals surface area contributed by atoms with E-state index in [1.54, 1.807) is 13.1 Å². The van der Waals surface area contributed by atoms with Crippen LogP contribution in [0.1, 0.15) is 39.8 Å². The van der Waals surface area contributed by atoms with Crippen molar-refractivity contribution in [3.63, 3.8) is 0 Å². The van der Waals surface area contributed by atoms with Crippen molar-refractivity contribution < 1.29 is 9.53 Å². The van der Waals surface area contributed by atoms with Crippen LogP contribution in [0, 0.1) is 13.8 Å². The van der Waals surface area contributed by atoms with E-state index in [0.717, 1.165) is 22.5 Å². The minimum Gasteiger partial charge on any atom is -0.462 e. The van der Waals surface area contributed by atoms with E-state index < -0.39 is 0 Å². The van der Waals surface area contributed by atoms with Crippen LogP contribution in [0.15, 0.2) is 35.4 Å². The van der Waals surface area contributed by atoms with Crippen LogP contribution in [0.2, 0.25) is 0 Å². The zero-order chi connectivity index (χ0) is 18.2. The zero-order valence-electron chi connectivity index (χ0n) is 14.6. The van der Waals surface area contributed by atoms with E-state index in [1.807, 2.05) is 44.2 Å². The molecule has 0 unspecified atom stereocenters. The molecular weight excluding hydrogens is 336 g/mol. The van der Waals surface area contributed by atoms with Gasteiger partial charge in [0.1, 0.15) is 0 Å². The van der Waals surface area contributed by atoms with Gasteiger partial charge < -0.3 is 15.0 Å². The fraction of sp³-hybridized carbons (Fsp3) is 0.278. The predicted molar refractivity (Wildman–Crippen MR) is 103 cm³/mol. The summed E-state index contributed by atoms with van der Waals surface area (Å²) >= 11 is 5.19. The van der Waals surface area contributed by atoms with Crippen molar-refractivity contribution in [1.82, 2.24) is 15.7 Å². The largest absolute Gasteiger partial charge is 0.462 e. The van der Waals surface area contributed by atoms with Gasteiger partial charge in [0.25, 0.3) is 0 Å². The smallest absolute Gasteiger partial charge is 0.340 e. The summed E-state index contributed by atoms with van der Waals surface area (Å²) in [5.41, 5.74) is 6.73. The number of esters is 1. The number of ether oxygens (including phenoxy) is 1. The summed E-state index contributed by atoms with van der Waals surface area (Å²) < 4.78 is 5.07. The second-order valence-electron chi connectivity index (χ2n) is 5.42. The van der Waals surface area contributed by atoms with Gasteiger partial charge >= 0.3 is 5.97 Å². The molecule has 3 N–H and O–H groups in total. The van der Waals surface area contributed by atoms with Gasteiger partial charge in [0, 0.05) is 12.2 Å². The van der Waals surface area contributed by atoms with Crippen molar-refractivity contribution in [3.8, 4) is 0 Å². The van der Waals surface area contributed by atoms with E-state index in [4.69, 9.17) is 17.0 Å². The molecule has 132 valence electrons. The number of aromatic amines is 1. The molecule has 0 aliphatic rings. The molecule has 0 aliphatic carbocycles. The summed E-state index contributed by atoms with van der Waals surface area (Å²) in [5, 5.41) is 7.61. The Balaban J connectivity index is 1.92. The van der Waals surface area contributed by atoms with E-state index >= 15 is 0 Å². The third-order valence-corrected chi connectivity index (χ3v) is 3.85. The maximum absolute atomic E-state index is 12.0. The summed E-state index contributed by atoms with van der Waals surface area (Å²) in [6, 6.07) is 9.95. The number of aryl methyl sites for hydroxylation is 1. The van der Waals surface area contributed by atoms with Crippen LogP contribution in [0.25, 0.3) is 0 Å². The number of H-pyrrole nitrogens is 1. The Hall–Kier alpha value is -2.67. The van der Waals surface area contributed by atoms with E-state index in [1.165, 1.54) is 0 Å². The van der Waals surface area contributed by atoms with Crippen LogP contribution in [-0.2, 0) is 11.3 Å². The molecule has 0 saturated carbocycles. The highest BCUT2D eigenvalue weighted by Gasteiger charge is 2.18. The van der Waals surface area contributed by atoms with Gasteiger partial charge in [0.15, 0.2) is 5.11 Å². The number of hydrogen-bond acceptors (Lipinski definition) is 4. The molecule has 1 aromatic heterocycles. The van der Waals surface area contributed by atoms with Crippen LogP contribution in [0.4, 0.5) is 0 Å². The molecule has 25 heavy (non-hydrogen) atoms. The van der Waals surface area contributed by atoms with Crippen LogP contribution in [0.5, 0.6) is 0 Å². The fourth-order valence-electron chi connectivity index (χ4n) is 2.39. The number of benzene rings is 1. The first-order valence-corrected chi connectivity index (χ1v) is 8.40. The highest BCUT2D eigenvalue weighted by molar-refractivity contribution is 7.80. The fourth-order valence-corrected chi connectivity index (χ4v) is 2.51. The molecule has 6 nitrogen and oxygen atoms in total. The standard InChI is InChI=1S/C18H22N4O2S/c1-4-24-17(23)16-12(2)15(21-13(16)3)11-20-22-18(25)19-10-14-8-6-5-7-9-14/h5-9,11,21H,4,10H2,1-3H3,(H2,19,22,25)/b20-11+. The molecule has 1 aromatic carbocycles. The van der Waals surface area contributed by atoms with Gasteiger partial charge in [-0.05, 0) is 44.1 Å². The molecular formula is C18H22N4O2S. The third kappa shape index (κ3) is 5.15. The topological polar surface area (TPSA) is 78.5 Å². The van der Waals surface area contributed by atoms with E-state index in [0.29, 0.717) is 23.8 Å². The quantitative estimate of drug-likeness (QED) is 0.320. The molecule has 2 rings (SSSR count). The van der Waals surface area contributed by atoms with Crippen molar-refractivity contribution in [2.24, 2.45) is 5.10 Å². The predicted octanol–water partition coefficient (Wildman–Crippen LogP) is 2.81. The molecule has 0 spiro atoms. The summed E-state index contributed by atoms with van der Waals surface area (Å²) in [7, 11) is 0. The number of nitrogens with one attached hydrogen (secondary N) is 3. The Labute approximate surface area is 152 Å². The van der Waals surface area contributed by atoms with Crippen molar-refractivity contribution in [2.45, 2.75) is 27.3 Å². The highest BCUT2D eigenvalue weighted by atomic mass is 32.1. The lowest BCUT2D eigenvalue weighted by Gasteiger charge is -2.06. The number of nitrogens with zero attached hydrogens (tertiary/aromatic N) is 1. The monoisotopic (exact) mass is 358 g/mol. The SMILES string of the molecule is CCOC(=O)c1c(C)[nH]c(/C=N/NC(=S)NCc2ccccc2)c1C. The molecule has 2 aromatic rings. The lowest BCUT2D eigenvalue weighted by Crippen LogP contribution is -2.31. The van der Waals surface area contributed by atoms with Crippen molar-refractivity contribution in [2.75, 3.05) is 6.61 Å².